The minimum absolute atomic E-state index is 0.0384. The smallest absolute Gasteiger partial charge is 0.276 e. The molecular formula is C14H14ClN3O4S. The van der Waals surface area contributed by atoms with Gasteiger partial charge in [-0.1, -0.05) is 11.6 Å². The van der Waals surface area contributed by atoms with E-state index in [1.165, 1.54) is 10.7 Å². The summed E-state index contributed by atoms with van der Waals surface area (Å²) in [4.78, 5) is 24.8. The second kappa shape index (κ2) is 5.61. The van der Waals surface area contributed by atoms with Gasteiger partial charge < -0.3 is 5.32 Å². The van der Waals surface area contributed by atoms with Crippen LogP contribution < -0.4 is 10.7 Å². The molecule has 0 radical (unpaired) electrons. The number of benzene rings is 1. The van der Waals surface area contributed by atoms with E-state index in [9.17, 15) is 18.0 Å². The summed E-state index contributed by atoms with van der Waals surface area (Å²) >= 11 is 5.91. The van der Waals surface area contributed by atoms with Crippen molar-refractivity contribution >= 4 is 38.2 Å². The Balaban J connectivity index is 1.98. The Morgan fingerprint density at radius 1 is 1.43 bits per heavy atom. The second-order valence-corrected chi connectivity index (χ2v) is 8.20. The predicted molar refractivity (Wildman–Crippen MR) is 86.5 cm³/mol. The van der Waals surface area contributed by atoms with Gasteiger partial charge in [-0.15, -0.1) is 0 Å². The lowest BCUT2D eigenvalue weighted by molar-refractivity contribution is 0.0933. The maximum Gasteiger partial charge on any atom is 0.276 e. The van der Waals surface area contributed by atoms with E-state index in [-0.39, 0.29) is 17.2 Å². The Labute approximate surface area is 137 Å². The Hall–Kier alpha value is -1.93. The fraction of sp³-hybridized carbons (Fsp3) is 0.357. The number of halogens is 1. The van der Waals surface area contributed by atoms with Gasteiger partial charge in [-0.2, -0.15) is 5.10 Å². The maximum atomic E-state index is 12.5. The molecule has 0 aliphatic carbocycles. The van der Waals surface area contributed by atoms with E-state index in [2.05, 4.69) is 10.4 Å². The molecule has 1 atom stereocenters. The molecule has 122 valence electrons. The number of nitrogens with one attached hydrogen (secondary N) is 1. The zero-order valence-electron chi connectivity index (χ0n) is 12.2. The highest BCUT2D eigenvalue weighted by Crippen LogP contribution is 2.16. The highest BCUT2D eigenvalue weighted by molar-refractivity contribution is 7.91. The molecule has 1 aromatic heterocycles. The van der Waals surface area contributed by atoms with E-state index in [0.717, 1.165) is 0 Å². The van der Waals surface area contributed by atoms with Crippen LogP contribution in [0.1, 0.15) is 16.9 Å². The predicted octanol–water partition coefficient (Wildman–Crippen LogP) is 0.504. The Kier molecular flexibility index (Phi) is 3.89. The van der Waals surface area contributed by atoms with Crippen molar-refractivity contribution in [3.63, 3.8) is 0 Å². The zero-order chi connectivity index (χ0) is 16.8. The van der Waals surface area contributed by atoms with Crippen molar-refractivity contribution in [2.24, 2.45) is 7.05 Å². The van der Waals surface area contributed by atoms with Crippen molar-refractivity contribution in [2.45, 2.75) is 12.5 Å². The van der Waals surface area contributed by atoms with Gasteiger partial charge in [0.25, 0.3) is 5.91 Å². The fourth-order valence-electron chi connectivity index (χ4n) is 2.66. The summed E-state index contributed by atoms with van der Waals surface area (Å²) in [7, 11) is -1.50. The van der Waals surface area contributed by atoms with Crippen LogP contribution in [0.25, 0.3) is 10.9 Å². The molecular weight excluding hydrogens is 342 g/mol. The molecule has 0 bridgehead atoms. The molecule has 2 heterocycles. The topological polar surface area (TPSA) is 98.1 Å². The van der Waals surface area contributed by atoms with E-state index in [0.29, 0.717) is 22.3 Å². The van der Waals surface area contributed by atoms with Gasteiger partial charge in [-0.25, -0.2) is 8.42 Å². The normalized spacial score (nSPS) is 19.8. The third-order valence-corrected chi connectivity index (χ3v) is 5.80. The van der Waals surface area contributed by atoms with Gasteiger partial charge in [0.2, 0.25) is 5.43 Å². The van der Waals surface area contributed by atoms with Crippen LogP contribution in [0.15, 0.2) is 23.0 Å². The molecule has 0 spiro atoms. The van der Waals surface area contributed by atoms with Gasteiger partial charge in [-0.05, 0) is 24.6 Å². The van der Waals surface area contributed by atoms with Crippen molar-refractivity contribution in [3.8, 4) is 0 Å². The van der Waals surface area contributed by atoms with Crippen LogP contribution >= 0.6 is 11.6 Å². The number of aromatic nitrogens is 2. The number of hydrogen-bond acceptors (Lipinski definition) is 5. The second-order valence-electron chi connectivity index (χ2n) is 5.54. The van der Waals surface area contributed by atoms with Crippen molar-refractivity contribution in [3.05, 3.63) is 39.1 Å². The van der Waals surface area contributed by atoms with Crippen LogP contribution in [0.5, 0.6) is 0 Å². The minimum Gasteiger partial charge on any atom is -0.347 e. The third kappa shape index (κ3) is 3.09. The van der Waals surface area contributed by atoms with Crippen LogP contribution in [0.2, 0.25) is 5.02 Å². The lowest BCUT2D eigenvalue weighted by Gasteiger charge is -2.12. The summed E-state index contributed by atoms with van der Waals surface area (Å²) < 4.78 is 24.3. The first-order valence-corrected chi connectivity index (χ1v) is 9.14. The lowest BCUT2D eigenvalue weighted by Crippen LogP contribution is -2.39. The number of fused-ring (bicyclic) bond motifs is 1. The number of carbonyl (C=O) groups excluding carboxylic acids is 1. The van der Waals surface area contributed by atoms with Gasteiger partial charge in [0.15, 0.2) is 15.5 Å². The van der Waals surface area contributed by atoms with Crippen LogP contribution in [0.4, 0.5) is 0 Å². The van der Waals surface area contributed by atoms with Crippen LogP contribution in [-0.2, 0) is 16.9 Å². The molecule has 2 aromatic rings. The summed E-state index contributed by atoms with van der Waals surface area (Å²) in [6, 6.07) is 4.28. The first-order chi connectivity index (χ1) is 10.8. The molecule has 1 fully saturated rings. The van der Waals surface area contributed by atoms with Crippen LogP contribution in [0.3, 0.4) is 0 Å². The van der Waals surface area contributed by atoms with E-state index < -0.39 is 27.2 Å². The number of rotatable bonds is 2. The van der Waals surface area contributed by atoms with Gasteiger partial charge in [0.05, 0.1) is 22.4 Å². The molecule has 0 saturated carbocycles. The number of aryl methyl sites for hydroxylation is 1. The lowest BCUT2D eigenvalue weighted by atomic mass is 10.2. The Morgan fingerprint density at radius 3 is 2.83 bits per heavy atom. The first kappa shape index (κ1) is 15.9. The van der Waals surface area contributed by atoms with Crippen LogP contribution in [-0.4, -0.2) is 41.7 Å². The molecule has 7 nitrogen and oxygen atoms in total. The number of nitrogens with zero attached hydrogens (tertiary/aromatic N) is 2. The summed E-state index contributed by atoms with van der Waals surface area (Å²) in [5, 5.41) is 7.25. The van der Waals surface area contributed by atoms with Gasteiger partial charge in [0.1, 0.15) is 0 Å². The number of hydrogen-bond donors (Lipinski definition) is 1. The molecule has 1 unspecified atom stereocenters. The van der Waals surface area contributed by atoms with Crippen molar-refractivity contribution in [1.29, 1.82) is 0 Å². The summed E-state index contributed by atoms with van der Waals surface area (Å²) in [5.74, 6) is -0.746. The summed E-state index contributed by atoms with van der Waals surface area (Å²) in [6.07, 6.45) is 0.341. The van der Waals surface area contributed by atoms with E-state index in [4.69, 9.17) is 11.6 Å². The fourth-order valence-corrected chi connectivity index (χ4v) is 4.51. The number of carbonyl (C=O) groups is 1. The SMILES string of the molecule is Cn1nc(C(=O)NC2CCS(=O)(=O)C2)c(=O)c2cc(Cl)ccc21. The molecule has 1 aromatic carbocycles. The van der Waals surface area contributed by atoms with E-state index in [1.54, 1.807) is 19.2 Å². The molecule has 1 aliphatic rings. The van der Waals surface area contributed by atoms with Crippen molar-refractivity contribution in [1.82, 2.24) is 15.1 Å². The highest BCUT2D eigenvalue weighted by atomic mass is 35.5. The molecule has 1 saturated heterocycles. The monoisotopic (exact) mass is 355 g/mol. The van der Waals surface area contributed by atoms with Gasteiger partial charge >= 0.3 is 0 Å². The summed E-state index contributed by atoms with van der Waals surface area (Å²) in [5.41, 5.74) is -0.245. The maximum absolute atomic E-state index is 12.5. The summed E-state index contributed by atoms with van der Waals surface area (Å²) in [6.45, 7) is 0. The first-order valence-electron chi connectivity index (χ1n) is 6.95. The standard InChI is InChI=1S/C14H14ClN3O4S/c1-18-11-3-2-8(15)6-10(11)13(19)12(17-18)14(20)16-9-4-5-23(21,22)7-9/h2-3,6,9H,4-5,7H2,1H3,(H,16,20). The molecule has 1 amide bonds. The Bertz CT molecular complexity index is 968. The number of sulfone groups is 1. The molecule has 9 heteroatoms. The van der Waals surface area contributed by atoms with Gasteiger partial charge in [0, 0.05) is 18.1 Å². The minimum atomic E-state index is -3.12. The highest BCUT2D eigenvalue weighted by Gasteiger charge is 2.30. The third-order valence-electron chi connectivity index (χ3n) is 3.80. The van der Waals surface area contributed by atoms with E-state index in [1.807, 2.05) is 0 Å². The largest absolute Gasteiger partial charge is 0.347 e. The van der Waals surface area contributed by atoms with E-state index >= 15 is 0 Å². The van der Waals surface area contributed by atoms with Gasteiger partial charge in [-0.3, -0.25) is 14.3 Å². The molecule has 1 N–H and O–H groups in total. The average Bonchev–Trinajstić information content (AvgIpc) is 2.81. The van der Waals surface area contributed by atoms with Crippen molar-refractivity contribution < 1.29 is 13.2 Å². The zero-order valence-corrected chi connectivity index (χ0v) is 13.8. The van der Waals surface area contributed by atoms with Crippen molar-refractivity contribution in [2.75, 3.05) is 11.5 Å². The molecule has 3 rings (SSSR count). The average molecular weight is 356 g/mol. The molecule has 23 heavy (non-hydrogen) atoms. The molecule has 1 aliphatic heterocycles. The number of amides is 1. The Morgan fingerprint density at radius 2 is 2.17 bits per heavy atom. The van der Waals surface area contributed by atoms with Crippen LogP contribution in [0, 0.1) is 0 Å². The quantitative estimate of drug-likeness (QED) is 0.846.